The van der Waals surface area contributed by atoms with Crippen molar-refractivity contribution in [2.24, 2.45) is 0 Å². The Balaban J connectivity index is 2.90. The van der Waals surface area contributed by atoms with E-state index >= 15 is 0 Å². The molecule has 0 radical (unpaired) electrons. The number of sulfone groups is 1. The molecule has 18 heavy (non-hydrogen) atoms. The highest BCUT2D eigenvalue weighted by atomic mass is 32.2. The van der Waals surface area contributed by atoms with Crippen molar-refractivity contribution >= 4 is 15.7 Å². The van der Waals surface area contributed by atoms with E-state index in [1.165, 1.54) is 13.8 Å². The van der Waals surface area contributed by atoms with E-state index in [9.17, 15) is 18.5 Å². The van der Waals surface area contributed by atoms with E-state index in [1.807, 2.05) is 0 Å². The number of nitriles is 1. The summed E-state index contributed by atoms with van der Waals surface area (Å²) in [5.74, 6) is -0.589. The zero-order valence-corrected chi connectivity index (χ0v) is 11.9. The molecular weight excluding hydrogens is 252 g/mol. The molecule has 0 aliphatic heterocycles. The Morgan fingerprint density at radius 3 is 2.17 bits per heavy atom. The molecule has 1 saturated carbocycles. The van der Waals surface area contributed by atoms with Crippen LogP contribution in [0.15, 0.2) is 0 Å². The van der Waals surface area contributed by atoms with Crippen molar-refractivity contribution in [1.29, 1.82) is 5.26 Å². The highest BCUT2D eigenvalue weighted by molar-refractivity contribution is 7.92. The topological polar surface area (TPSA) is 87.0 Å². The van der Waals surface area contributed by atoms with Gasteiger partial charge in [0.2, 0.25) is 5.91 Å². The van der Waals surface area contributed by atoms with Crippen LogP contribution in [0.4, 0.5) is 0 Å². The third kappa shape index (κ3) is 2.83. The molecule has 1 N–H and O–H groups in total. The third-order valence-corrected chi connectivity index (χ3v) is 5.79. The van der Waals surface area contributed by atoms with Crippen molar-refractivity contribution in [3.05, 3.63) is 0 Å². The van der Waals surface area contributed by atoms with Gasteiger partial charge in [0.25, 0.3) is 0 Å². The summed E-state index contributed by atoms with van der Waals surface area (Å²) in [5.41, 5.74) is -0.892. The molecule has 1 amide bonds. The SMILES string of the molecule is CC(C)(C(=O)NC1(C#N)CCCCC1)S(C)(=O)=O. The van der Waals surface area contributed by atoms with Crippen LogP contribution in [0.5, 0.6) is 0 Å². The van der Waals surface area contributed by atoms with Crippen molar-refractivity contribution in [3.63, 3.8) is 0 Å². The maximum absolute atomic E-state index is 12.1. The van der Waals surface area contributed by atoms with Crippen LogP contribution < -0.4 is 5.32 Å². The maximum Gasteiger partial charge on any atom is 0.242 e. The maximum atomic E-state index is 12.1. The van der Waals surface area contributed by atoms with Gasteiger partial charge >= 0.3 is 0 Å². The fourth-order valence-electron chi connectivity index (χ4n) is 1.96. The summed E-state index contributed by atoms with van der Waals surface area (Å²) < 4.78 is 21.7. The number of nitrogens with zero attached hydrogens (tertiary/aromatic N) is 1. The fraction of sp³-hybridized carbons (Fsp3) is 0.833. The lowest BCUT2D eigenvalue weighted by Gasteiger charge is -2.34. The minimum absolute atomic E-state index is 0.589. The molecule has 5 nitrogen and oxygen atoms in total. The second-order valence-electron chi connectivity index (χ2n) is 5.49. The Bertz CT molecular complexity index is 468. The van der Waals surface area contributed by atoms with Gasteiger partial charge in [0, 0.05) is 6.26 Å². The highest BCUT2D eigenvalue weighted by Crippen LogP contribution is 2.29. The van der Waals surface area contributed by atoms with Gasteiger partial charge in [-0.15, -0.1) is 0 Å². The summed E-state index contributed by atoms with van der Waals surface area (Å²) in [6.07, 6.45) is 5.03. The average molecular weight is 272 g/mol. The Labute approximate surface area is 108 Å². The Morgan fingerprint density at radius 1 is 1.28 bits per heavy atom. The number of nitrogens with one attached hydrogen (secondary N) is 1. The predicted octanol–water partition coefficient (Wildman–Crippen LogP) is 1.15. The molecule has 0 atom stereocenters. The molecule has 0 spiro atoms. The van der Waals surface area contributed by atoms with Crippen molar-refractivity contribution in [2.75, 3.05) is 6.26 Å². The van der Waals surface area contributed by atoms with Gasteiger partial charge in [-0.2, -0.15) is 5.26 Å². The molecule has 0 unspecified atom stereocenters. The first kappa shape index (κ1) is 15.0. The van der Waals surface area contributed by atoms with E-state index < -0.39 is 26.0 Å². The van der Waals surface area contributed by atoms with Gasteiger partial charge in [-0.05, 0) is 26.7 Å². The Morgan fingerprint density at radius 2 is 1.78 bits per heavy atom. The van der Waals surface area contributed by atoms with Crippen LogP contribution in [0.1, 0.15) is 46.0 Å². The van der Waals surface area contributed by atoms with Gasteiger partial charge in [-0.25, -0.2) is 8.42 Å². The first-order valence-corrected chi connectivity index (χ1v) is 7.97. The molecule has 0 aromatic rings. The molecule has 6 heteroatoms. The number of carbonyl (C=O) groups is 1. The Hall–Kier alpha value is -1.09. The van der Waals surface area contributed by atoms with E-state index in [1.54, 1.807) is 0 Å². The van der Waals surface area contributed by atoms with Crippen LogP contribution in [0.3, 0.4) is 0 Å². The van der Waals surface area contributed by atoms with E-state index in [0.717, 1.165) is 25.5 Å². The molecular formula is C12H20N2O3S. The monoisotopic (exact) mass is 272 g/mol. The number of amides is 1. The van der Waals surface area contributed by atoms with Crippen molar-refractivity contribution in [3.8, 4) is 6.07 Å². The van der Waals surface area contributed by atoms with Crippen LogP contribution in [-0.2, 0) is 14.6 Å². The summed E-state index contributed by atoms with van der Waals surface area (Å²) in [4.78, 5) is 12.1. The number of hydrogen-bond acceptors (Lipinski definition) is 4. The molecule has 102 valence electrons. The van der Waals surface area contributed by atoms with E-state index in [2.05, 4.69) is 11.4 Å². The lowest BCUT2D eigenvalue weighted by atomic mass is 9.82. The lowest BCUT2D eigenvalue weighted by molar-refractivity contribution is -0.124. The average Bonchev–Trinajstić information content (AvgIpc) is 2.28. The number of carbonyl (C=O) groups excluding carboxylic acids is 1. The molecule has 0 heterocycles. The fourth-order valence-corrected chi connectivity index (χ4v) is 2.34. The largest absolute Gasteiger partial charge is 0.336 e. The zero-order valence-electron chi connectivity index (χ0n) is 11.1. The van der Waals surface area contributed by atoms with E-state index in [-0.39, 0.29) is 0 Å². The summed E-state index contributed by atoms with van der Waals surface area (Å²) in [6, 6.07) is 2.15. The molecule has 1 rings (SSSR count). The minimum Gasteiger partial charge on any atom is -0.336 e. The summed E-state index contributed by atoms with van der Waals surface area (Å²) in [5, 5.41) is 11.9. The van der Waals surface area contributed by atoms with Crippen LogP contribution in [0.25, 0.3) is 0 Å². The van der Waals surface area contributed by atoms with Crippen LogP contribution in [0, 0.1) is 11.3 Å². The van der Waals surface area contributed by atoms with Crippen molar-refractivity contribution in [1.82, 2.24) is 5.32 Å². The smallest absolute Gasteiger partial charge is 0.242 e. The van der Waals surface area contributed by atoms with Gasteiger partial charge in [0.05, 0.1) is 6.07 Å². The highest BCUT2D eigenvalue weighted by Gasteiger charge is 2.43. The zero-order chi connectivity index (χ0) is 14.0. The number of rotatable bonds is 3. The standard InChI is InChI=1S/C12H20N2O3S/c1-11(2,18(3,16)17)10(15)14-12(9-13)7-5-4-6-8-12/h4-8H2,1-3H3,(H,14,15). The first-order chi connectivity index (χ1) is 8.15. The van der Waals surface area contributed by atoms with Crippen LogP contribution >= 0.6 is 0 Å². The van der Waals surface area contributed by atoms with E-state index in [4.69, 9.17) is 0 Å². The normalized spacial score (nSPS) is 19.9. The minimum atomic E-state index is -3.51. The van der Waals surface area contributed by atoms with Gasteiger partial charge in [-0.1, -0.05) is 19.3 Å². The first-order valence-electron chi connectivity index (χ1n) is 6.08. The second-order valence-corrected chi connectivity index (χ2v) is 8.06. The van der Waals surface area contributed by atoms with Gasteiger partial charge < -0.3 is 5.32 Å². The van der Waals surface area contributed by atoms with Gasteiger partial charge in [-0.3, -0.25) is 4.79 Å². The Kier molecular flexibility index (Phi) is 4.06. The molecule has 0 aromatic carbocycles. The third-order valence-electron chi connectivity index (χ3n) is 3.75. The second kappa shape index (κ2) is 4.88. The quantitative estimate of drug-likeness (QED) is 0.835. The molecule has 0 bridgehead atoms. The van der Waals surface area contributed by atoms with Crippen LogP contribution in [-0.4, -0.2) is 30.9 Å². The molecule has 1 aliphatic carbocycles. The summed E-state index contributed by atoms with van der Waals surface area (Å²) in [6.45, 7) is 2.73. The summed E-state index contributed by atoms with van der Waals surface area (Å²) >= 11 is 0. The number of hydrogen-bond donors (Lipinski definition) is 1. The summed E-state index contributed by atoms with van der Waals surface area (Å²) in [7, 11) is -3.51. The van der Waals surface area contributed by atoms with E-state index in [0.29, 0.717) is 12.8 Å². The molecule has 0 saturated heterocycles. The predicted molar refractivity (Wildman–Crippen MR) is 68.5 cm³/mol. The lowest BCUT2D eigenvalue weighted by Crippen LogP contribution is -2.56. The van der Waals surface area contributed by atoms with Gasteiger partial charge in [0.1, 0.15) is 10.3 Å². The van der Waals surface area contributed by atoms with Crippen LogP contribution in [0.2, 0.25) is 0 Å². The van der Waals surface area contributed by atoms with Crippen molar-refractivity contribution in [2.45, 2.75) is 56.2 Å². The van der Waals surface area contributed by atoms with Gasteiger partial charge in [0.15, 0.2) is 9.84 Å². The molecule has 0 aromatic heterocycles. The molecule has 1 aliphatic rings. The molecule has 1 fully saturated rings. The van der Waals surface area contributed by atoms with Crippen molar-refractivity contribution < 1.29 is 13.2 Å².